The lowest BCUT2D eigenvalue weighted by atomic mass is 9.88. The monoisotopic (exact) mass is 284 g/mol. The molecule has 1 aromatic rings. The van der Waals surface area contributed by atoms with Gasteiger partial charge in [0.15, 0.2) is 0 Å². The van der Waals surface area contributed by atoms with Crippen LogP contribution in [-0.2, 0) is 16.6 Å². The van der Waals surface area contributed by atoms with Gasteiger partial charge < -0.3 is 5.73 Å². The number of hydrogen-bond acceptors (Lipinski definition) is 3. The first-order valence-corrected chi connectivity index (χ1v) is 7.81. The molecular weight excluding hydrogens is 260 g/mol. The number of hydrogen-bond donors (Lipinski definition) is 1. The Morgan fingerprint density at radius 3 is 2.05 bits per heavy atom. The van der Waals surface area contributed by atoms with E-state index in [0.29, 0.717) is 11.4 Å². The van der Waals surface area contributed by atoms with Crippen LogP contribution in [0.3, 0.4) is 0 Å². The zero-order chi connectivity index (χ0) is 14.8. The first-order valence-electron chi connectivity index (χ1n) is 6.37. The largest absolute Gasteiger partial charge is 0.326 e. The minimum atomic E-state index is -3.45. The predicted octanol–water partition coefficient (Wildman–Crippen LogP) is 2.20. The van der Waals surface area contributed by atoms with Gasteiger partial charge in [-0.1, -0.05) is 32.9 Å². The van der Waals surface area contributed by atoms with Crippen LogP contribution in [0.4, 0.5) is 0 Å². The Balaban J connectivity index is 3.09. The van der Waals surface area contributed by atoms with Crippen LogP contribution in [-0.4, -0.2) is 25.8 Å². The average molecular weight is 284 g/mol. The fourth-order valence-corrected chi connectivity index (χ4v) is 3.26. The molecule has 4 nitrogen and oxygen atoms in total. The van der Waals surface area contributed by atoms with Crippen LogP contribution < -0.4 is 5.73 Å². The van der Waals surface area contributed by atoms with Gasteiger partial charge in [-0.3, -0.25) is 0 Å². The molecule has 19 heavy (non-hydrogen) atoms. The van der Waals surface area contributed by atoms with E-state index in [1.807, 2.05) is 27.7 Å². The molecule has 0 spiro atoms. The summed E-state index contributed by atoms with van der Waals surface area (Å²) in [5, 5.41) is 0. The second-order valence-corrected chi connectivity index (χ2v) is 7.91. The topological polar surface area (TPSA) is 63.4 Å². The van der Waals surface area contributed by atoms with Crippen molar-refractivity contribution in [3.63, 3.8) is 0 Å². The molecule has 0 heterocycles. The molecular formula is C14H24N2O2S. The van der Waals surface area contributed by atoms with E-state index in [1.54, 1.807) is 31.3 Å². The van der Waals surface area contributed by atoms with Crippen molar-refractivity contribution in [2.45, 2.75) is 45.2 Å². The maximum Gasteiger partial charge on any atom is 0.243 e. The van der Waals surface area contributed by atoms with Crippen molar-refractivity contribution in [2.75, 3.05) is 7.05 Å². The molecule has 0 fully saturated rings. The number of benzene rings is 1. The highest BCUT2D eigenvalue weighted by Gasteiger charge is 2.32. The lowest BCUT2D eigenvalue weighted by Gasteiger charge is -2.34. The molecule has 108 valence electrons. The summed E-state index contributed by atoms with van der Waals surface area (Å²) in [6.07, 6.45) is 0. The fraction of sp³-hybridized carbons (Fsp3) is 0.571. The molecule has 0 amide bonds. The van der Waals surface area contributed by atoms with E-state index in [2.05, 4.69) is 0 Å². The van der Waals surface area contributed by atoms with E-state index in [9.17, 15) is 8.42 Å². The molecule has 1 rings (SSSR count). The summed E-state index contributed by atoms with van der Waals surface area (Å²) in [4.78, 5) is 0.309. The van der Waals surface area contributed by atoms with E-state index in [4.69, 9.17) is 5.73 Å². The van der Waals surface area contributed by atoms with Crippen molar-refractivity contribution in [3.8, 4) is 0 Å². The van der Waals surface area contributed by atoms with Gasteiger partial charge in [-0.2, -0.15) is 4.31 Å². The summed E-state index contributed by atoms with van der Waals surface area (Å²) in [5.74, 6) is 0. The van der Waals surface area contributed by atoms with Crippen LogP contribution in [0.5, 0.6) is 0 Å². The second kappa shape index (κ2) is 5.61. The van der Waals surface area contributed by atoms with Crippen molar-refractivity contribution in [3.05, 3.63) is 29.8 Å². The highest BCUT2D eigenvalue weighted by atomic mass is 32.2. The maximum atomic E-state index is 12.5. The maximum absolute atomic E-state index is 12.5. The van der Waals surface area contributed by atoms with Gasteiger partial charge >= 0.3 is 0 Å². The van der Waals surface area contributed by atoms with Gasteiger partial charge in [0, 0.05) is 19.6 Å². The Kier molecular flexibility index (Phi) is 4.76. The lowest BCUT2D eigenvalue weighted by Crippen LogP contribution is -2.42. The highest BCUT2D eigenvalue weighted by Crippen LogP contribution is 2.27. The Labute approximate surface area is 116 Å². The highest BCUT2D eigenvalue weighted by molar-refractivity contribution is 7.89. The third-order valence-electron chi connectivity index (χ3n) is 3.63. The van der Waals surface area contributed by atoms with Gasteiger partial charge in [-0.25, -0.2) is 8.42 Å². The number of rotatable bonds is 4. The van der Waals surface area contributed by atoms with Gasteiger partial charge in [0.2, 0.25) is 10.0 Å². The minimum absolute atomic E-state index is 0.0910. The zero-order valence-corrected chi connectivity index (χ0v) is 13.2. The Bertz CT molecular complexity index is 515. The van der Waals surface area contributed by atoms with Crippen molar-refractivity contribution >= 4 is 10.0 Å². The van der Waals surface area contributed by atoms with Crippen LogP contribution in [0.25, 0.3) is 0 Å². The average Bonchev–Trinajstić information content (AvgIpc) is 2.35. The first kappa shape index (κ1) is 16.1. The number of nitrogens with two attached hydrogens (primary N) is 1. The molecule has 2 N–H and O–H groups in total. The zero-order valence-electron chi connectivity index (χ0n) is 12.3. The summed E-state index contributed by atoms with van der Waals surface area (Å²) in [5.41, 5.74) is 6.32. The molecule has 0 saturated carbocycles. The second-order valence-electron chi connectivity index (χ2n) is 5.91. The van der Waals surface area contributed by atoms with Gasteiger partial charge in [-0.05, 0) is 30.0 Å². The fourth-order valence-electron chi connectivity index (χ4n) is 1.72. The van der Waals surface area contributed by atoms with Crippen molar-refractivity contribution in [1.29, 1.82) is 0 Å². The molecule has 0 aromatic heterocycles. The normalized spacial score (nSPS) is 14.7. The van der Waals surface area contributed by atoms with E-state index in [1.165, 1.54) is 4.31 Å². The quantitative estimate of drug-likeness (QED) is 0.922. The first-order chi connectivity index (χ1) is 8.60. The van der Waals surface area contributed by atoms with E-state index in [-0.39, 0.29) is 11.5 Å². The standard InChI is InChI=1S/C14H24N2O2S/c1-11(14(2,3)4)16(5)19(17,18)13-8-6-12(10-15)7-9-13/h6-9,11H,10,15H2,1-5H3. The third-order valence-corrected chi connectivity index (χ3v) is 5.58. The van der Waals surface area contributed by atoms with Crippen LogP contribution in [0.2, 0.25) is 0 Å². The number of sulfonamides is 1. The Hall–Kier alpha value is -0.910. The summed E-state index contributed by atoms with van der Waals surface area (Å²) in [7, 11) is -1.83. The smallest absolute Gasteiger partial charge is 0.243 e. The summed E-state index contributed by atoms with van der Waals surface area (Å²) in [6, 6.07) is 6.64. The predicted molar refractivity (Wildman–Crippen MR) is 78.2 cm³/mol. The van der Waals surface area contributed by atoms with Gasteiger partial charge in [0.25, 0.3) is 0 Å². The van der Waals surface area contributed by atoms with Crippen molar-refractivity contribution in [2.24, 2.45) is 11.1 Å². The molecule has 0 radical (unpaired) electrons. The van der Waals surface area contributed by atoms with Gasteiger partial charge in [0.05, 0.1) is 4.90 Å². The van der Waals surface area contributed by atoms with Crippen LogP contribution >= 0.6 is 0 Å². The van der Waals surface area contributed by atoms with Crippen molar-refractivity contribution in [1.82, 2.24) is 4.31 Å². The van der Waals surface area contributed by atoms with E-state index in [0.717, 1.165) is 5.56 Å². The van der Waals surface area contributed by atoms with E-state index >= 15 is 0 Å². The van der Waals surface area contributed by atoms with Gasteiger partial charge in [0.1, 0.15) is 0 Å². The third kappa shape index (κ3) is 3.55. The van der Waals surface area contributed by atoms with Crippen LogP contribution in [0.15, 0.2) is 29.2 Å². The molecule has 0 saturated heterocycles. The molecule has 0 aliphatic heterocycles. The minimum Gasteiger partial charge on any atom is -0.326 e. The Morgan fingerprint density at radius 1 is 1.21 bits per heavy atom. The summed E-state index contributed by atoms with van der Waals surface area (Å²) in [6.45, 7) is 8.42. The van der Waals surface area contributed by atoms with Crippen LogP contribution in [0.1, 0.15) is 33.3 Å². The SMILES string of the molecule is CC(N(C)S(=O)(=O)c1ccc(CN)cc1)C(C)(C)C. The lowest BCUT2D eigenvalue weighted by molar-refractivity contribution is 0.216. The molecule has 0 aliphatic carbocycles. The number of nitrogens with zero attached hydrogens (tertiary/aromatic N) is 1. The van der Waals surface area contributed by atoms with Crippen molar-refractivity contribution < 1.29 is 8.42 Å². The molecule has 1 atom stereocenters. The molecule has 0 bridgehead atoms. The molecule has 1 unspecified atom stereocenters. The summed E-state index contributed by atoms with van der Waals surface area (Å²) >= 11 is 0. The Morgan fingerprint density at radius 2 is 1.68 bits per heavy atom. The molecule has 5 heteroatoms. The van der Waals surface area contributed by atoms with Gasteiger partial charge in [-0.15, -0.1) is 0 Å². The molecule has 1 aromatic carbocycles. The molecule has 0 aliphatic rings. The van der Waals surface area contributed by atoms with Crippen LogP contribution in [0, 0.1) is 5.41 Å². The summed E-state index contributed by atoms with van der Waals surface area (Å²) < 4.78 is 26.5. The van der Waals surface area contributed by atoms with E-state index < -0.39 is 10.0 Å².